The Bertz CT molecular complexity index is 1150. The molecule has 0 N–H and O–H groups in total. The Kier molecular flexibility index (Phi) is 6.63. The van der Waals surface area contributed by atoms with E-state index in [0.29, 0.717) is 10.8 Å². The Morgan fingerprint density at radius 3 is 2.44 bits per heavy atom. The monoisotopic (exact) mass is 449 g/mol. The van der Waals surface area contributed by atoms with E-state index in [4.69, 9.17) is 0 Å². The van der Waals surface area contributed by atoms with Gasteiger partial charge in [-0.3, -0.25) is 9.88 Å². The van der Waals surface area contributed by atoms with E-state index >= 15 is 0 Å². The fraction of sp³-hybridized carbons (Fsp3) is 0.346. The van der Waals surface area contributed by atoms with Crippen LogP contribution < -0.4 is 4.90 Å². The van der Waals surface area contributed by atoms with Gasteiger partial charge in [0.1, 0.15) is 0 Å². The highest BCUT2D eigenvalue weighted by Crippen LogP contribution is 2.31. The number of aromatic nitrogens is 1. The van der Waals surface area contributed by atoms with E-state index < -0.39 is 9.84 Å². The molecule has 0 radical (unpaired) electrons. The summed E-state index contributed by atoms with van der Waals surface area (Å²) in [6.07, 6.45) is 3.26. The van der Waals surface area contributed by atoms with Gasteiger partial charge in [-0.15, -0.1) is 0 Å². The largest absolute Gasteiger partial charge is 0.368 e. The molecule has 5 nitrogen and oxygen atoms in total. The number of pyridine rings is 1. The zero-order valence-electron chi connectivity index (χ0n) is 19.0. The van der Waals surface area contributed by atoms with Crippen molar-refractivity contribution in [3.05, 3.63) is 89.7 Å². The molecule has 4 rings (SSSR count). The Morgan fingerprint density at radius 2 is 1.78 bits per heavy atom. The van der Waals surface area contributed by atoms with Gasteiger partial charge in [0.2, 0.25) is 0 Å². The summed E-state index contributed by atoms with van der Waals surface area (Å²) in [5.74, 6) is 0.423. The first kappa shape index (κ1) is 22.5. The molecule has 1 saturated heterocycles. The third kappa shape index (κ3) is 5.19. The van der Waals surface area contributed by atoms with E-state index in [-0.39, 0.29) is 6.04 Å². The Morgan fingerprint density at radius 1 is 1.00 bits per heavy atom. The van der Waals surface area contributed by atoms with Crippen LogP contribution in [0.3, 0.4) is 0 Å². The van der Waals surface area contributed by atoms with Gasteiger partial charge in [0.15, 0.2) is 9.84 Å². The predicted octanol–water partition coefficient (Wildman–Crippen LogP) is 4.67. The minimum Gasteiger partial charge on any atom is -0.368 e. The molecule has 0 bridgehead atoms. The summed E-state index contributed by atoms with van der Waals surface area (Å²) in [7, 11) is -3.23. The minimum atomic E-state index is -3.23. The molecule has 1 unspecified atom stereocenters. The molecule has 0 aliphatic carbocycles. The van der Waals surface area contributed by atoms with Crippen molar-refractivity contribution < 1.29 is 8.42 Å². The molecular formula is C26H31N3O2S. The van der Waals surface area contributed by atoms with Gasteiger partial charge in [-0.1, -0.05) is 56.3 Å². The summed E-state index contributed by atoms with van der Waals surface area (Å²) in [4.78, 5) is 9.80. The molecule has 0 saturated carbocycles. The van der Waals surface area contributed by atoms with E-state index in [0.717, 1.165) is 37.6 Å². The summed E-state index contributed by atoms with van der Waals surface area (Å²) >= 11 is 0. The van der Waals surface area contributed by atoms with Crippen LogP contribution in [0.1, 0.15) is 42.6 Å². The lowest BCUT2D eigenvalue weighted by Gasteiger charge is -2.43. The fourth-order valence-electron chi connectivity index (χ4n) is 4.25. The third-order valence-electron chi connectivity index (χ3n) is 6.11. The van der Waals surface area contributed by atoms with Crippen molar-refractivity contribution in [3.8, 4) is 0 Å². The van der Waals surface area contributed by atoms with Gasteiger partial charge in [0.05, 0.1) is 10.9 Å². The average Bonchev–Trinajstić information content (AvgIpc) is 2.80. The summed E-state index contributed by atoms with van der Waals surface area (Å²) < 4.78 is 24.1. The SMILES string of the molecule is CC(C)c1ccc(CN2CCN(c3cccc(S(C)(=O)=O)c3)CC2c2ccccc2)cn1. The molecule has 1 fully saturated rings. The summed E-state index contributed by atoms with van der Waals surface area (Å²) in [6.45, 7) is 7.68. The second-order valence-electron chi connectivity index (χ2n) is 8.86. The van der Waals surface area contributed by atoms with Crippen LogP contribution in [-0.2, 0) is 16.4 Å². The highest BCUT2D eigenvalue weighted by atomic mass is 32.2. The first-order valence-electron chi connectivity index (χ1n) is 11.1. The van der Waals surface area contributed by atoms with Gasteiger partial charge >= 0.3 is 0 Å². The van der Waals surface area contributed by atoms with Gasteiger partial charge in [0, 0.05) is 50.0 Å². The van der Waals surface area contributed by atoms with Gasteiger partial charge < -0.3 is 4.90 Å². The van der Waals surface area contributed by atoms with E-state index in [1.165, 1.54) is 17.4 Å². The van der Waals surface area contributed by atoms with E-state index in [2.05, 4.69) is 65.0 Å². The fourth-order valence-corrected chi connectivity index (χ4v) is 4.91. The number of hydrogen-bond donors (Lipinski definition) is 0. The first-order valence-corrected chi connectivity index (χ1v) is 13.0. The maximum Gasteiger partial charge on any atom is 0.175 e. The van der Waals surface area contributed by atoms with Crippen molar-refractivity contribution in [2.75, 3.05) is 30.8 Å². The van der Waals surface area contributed by atoms with E-state index in [9.17, 15) is 8.42 Å². The molecule has 2 aromatic carbocycles. The smallest absolute Gasteiger partial charge is 0.175 e. The Balaban J connectivity index is 1.58. The van der Waals surface area contributed by atoms with Crippen molar-refractivity contribution in [1.82, 2.24) is 9.88 Å². The van der Waals surface area contributed by atoms with Crippen molar-refractivity contribution in [2.45, 2.75) is 37.2 Å². The first-order chi connectivity index (χ1) is 15.3. The van der Waals surface area contributed by atoms with Crippen LogP contribution in [0.5, 0.6) is 0 Å². The molecule has 2 heterocycles. The number of piperazine rings is 1. The molecule has 32 heavy (non-hydrogen) atoms. The van der Waals surface area contributed by atoms with Crippen LogP contribution in [0.15, 0.2) is 77.8 Å². The second-order valence-corrected chi connectivity index (χ2v) is 10.9. The standard InChI is InChI=1S/C26H31N3O2S/c1-20(2)25-13-12-21(17-27-25)18-29-15-14-28(19-26(29)22-8-5-4-6-9-22)23-10-7-11-24(16-23)32(3,30)31/h4-13,16-17,20,26H,14-15,18-19H2,1-3H3. The zero-order chi connectivity index (χ0) is 22.7. The molecule has 168 valence electrons. The van der Waals surface area contributed by atoms with Crippen LogP contribution in [0, 0.1) is 0 Å². The van der Waals surface area contributed by atoms with Crippen LogP contribution in [0.25, 0.3) is 0 Å². The van der Waals surface area contributed by atoms with Crippen molar-refractivity contribution in [1.29, 1.82) is 0 Å². The van der Waals surface area contributed by atoms with Crippen LogP contribution in [0.2, 0.25) is 0 Å². The van der Waals surface area contributed by atoms with Gasteiger partial charge in [-0.25, -0.2) is 8.42 Å². The maximum absolute atomic E-state index is 12.0. The highest BCUT2D eigenvalue weighted by Gasteiger charge is 2.29. The molecule has 1 aliphatic rings. The molecule has 0 amide bonds. The summed E-state index contributed by atoms with van der Waals surface area (Å²) in [5.41, 5.74) is 4.55. The number of benzene rings is 2. The van der Waals surface area contributed by atoms with Crippen LogP contribution in [-0.4, -0.2) is 44.2 Å². The summed E-state index contributed by atoms with van der Waals surface area (Å²) in [5, 5.41) is 0. The lowest BCUT2D eigenvalue weighted by atomic mass is 10.0. The normalized spacial score (nSPS) is 17.6. The van der Waals surface area contributed by atoms with Crippen molar-refractivity contribution in [2.24, 2.45) is 0 Å². The van der Waals surface area contributed by atoms with Crippen LogP contribution in [0.4, 0.5) is 5.69 Å². The van der Waals surface area contributed by atoms with E-state index in [1.54, 1.807) is 12.1 Å². The third-order valence-corrected chi connectivity index (χ3v) is 7.22. The molecule has 1 aliphatic heterocycles. The quantitative estimate of drug-likeness (QED) is 0.547. The zero-order valence-corrected chi connectivity index (χ0v) is 19.8. The number of sulfone groups is 1. The molecule has 1 atom stereocenters. The van der Waals surface area contributed by atoms with Crippen molar-refractivity contribution in [3.63, 3.8) is 0 Å². The topological polar surface area (TPSA) is 53.5 Å². The molecule has 1 aromatic heterocycles. The Hall–Kier alpha value is -2.70. The summed E-state index contributed by atoms with van der Waals surface area (Å²) in [6, 6.07) is 22.4. The number of hydrogen-bond acceptors (Lipinski definition) is 5. The van der Waals surface area contributed by atoms with Gasteiger partial charge in [0.25, 0.3) is 0 Å². The number of rotatable bonds is 6. The van der Waals surface area contributed by atoms with Crippen molar-refractivity contribution >= 4 is 15.5 Å². The molecule has 0 spiro atoms. The Labute approximate surface area is 191 Å². The predicted molar refractivity (Wildman–Crippen MR) is 130 cm³/mol. The molecule has 3 aromatic rings. The number of nitrogens with zero attached hydrogens (tertiary/aromatic N) is 3. The minimum absolute atomic E-state index is 0.205. The highest BCUT2D eigenvalue weighted by molar-refractivity contribution is 7.90. The van der Waals surface area contributed by atoms with Gasteiger partial charge in [-0.2, -0.15) is 0 Å². The van der Waals surface area contributed by atoms with Gasteiger partial charge in [-0.05, 0) is 41.3 Å². The lowest BCUT2D eigenvalue weighted by molar-refractivity contribution is 0.169. The lowest BCUT2D eigenvalue weighted by Crippen LogP contribution is -2.48. The van der Waals surface area contributed by atoms with E-state index in [1.807, 2.05) is 24.4 Å². The molecular weight excluding hydrogens is 418 g/mol. The van der Waals surface area contributed by atoms with Crippen LogP contribution >= 0.6 is 0 Å². The average molecular weight is 450 g/mol. The number of anilines is 1. The molecule has 6 heteroatoms. The second kappa shape index (κ2) is 9.43. The maximum atomic E-state index is 12.0.